The summed E-state index contributed by atoms with van der Waals surface area (Å²) in [6, 6.07) is 3.49. The lowest BCUT2D eigenvalue weighted by molar-refractivity contribution is -0.177. The molecule has 0 spiro atoms. The van der Waals surface area contributed by atoms with E-state index in [4.69, 9.17) is 15.3 Å². The molecule has 0 aliphatic rings. The second-order valence-corrected chi connectivity index (χ2v) is 3.51. The highest BCUT2D eigenvalue weighted by atomic mass is 16.7. The van der Waals surface area contributed by atoms with Crippen molar-refractivity contribution in [3.05, 3.63) is 30.1 Å². The molecule has 0 bridgehead atoms. The van der Waals surface area contributed by atoms with E-state index in [1.165, 1.54) is 14.2 Å². The van der Waals surface area contributed by atoms with Crippen LogP contribution in [0.5, 0.6) is 0 Å². The number of nitrogens with zero attached hydrogens (tertiary/aromatic N) is 2. The minimum Gasteiger partial charge on any atom is -0.436 e. The van der Waals surface area contributed by atoms with Gasteiger partial charge in [-0.15, -0.1) is 0 Å². The molecule has 0 saturated heterocycles. The Kier molecular flexibility index (Phi) is 5.06. The molecule has 18 heavy (non-hydrogen) atoms. The highest BCUT2D eigenvalue weighted by molar-refractivity contribution is 5.82. The quantitative estimate of drug-likeness (QED) is 0.751. The van der Waals surface area contributed by atoms with Gasteiger partial charge in [-0.25, -0.2) is 9.86 Å². The average molecular weight is 253 g/mol. The van der Waals surface area contributed by atoms with Crippen LogP contribution in [-0.4, -0.2) is 42.3 Å². The van der Waals surface area contributed by atoms with Gasteiger partial charge in [-0.3, -0.25) is 14.6 Å². The van der Waals surface area contributed by atoms with Crippen molar-refractivity contribution >= 4 is 12.0 Å². The Hall–Kier alpha value is -2.15. The number of hydroxylamine groups is 2. The lowest BCUT2D eigenvalue weighted by atomic mass is 10.1. The van der Waals surface area contributed by atoms with Crippen molar-refractivity contribution in [2.24, 2.45) is 5.73 Å². The number of carbonyl (C=O) groups excluding carboxylic acids is 2. The molecular formula is C11H15N3O4. The topological polar surface area (TPSA) is 94.8 Å². The van der Waals surface area contributed by atoms with Gasteiger partial charge in [-0.05, 0) is 11.6 Å². The first kappa shape index (κ1) is 13.9. The van der Waals surface area contributed by atoms with Crippen molar-refractivity contribution in [3.8, 4) is 0 Å². The maximum atomic E-state index is 11.9. The summed E-state index contributed by atoms with van der Waals surface area (Å²) in [6.45, 7) is 0. The van der Waals surface area contributed by atoms with E-state index in [-0.39, 0.29) is 6.42 Å². The Balaban J connectivity index is 2.78. The molecule has 0 saturated carbocycles. The van der Waals surface area contributed by atoms with Gasteiger partial charge >= 0.3 is 6.09 Å². The number of nitrogens with two attached hydrogens (primary N) is 1. The minimum absolute atomic E-state index is 0.184. The molecule has 0 aromatic carbocycles. The molecule has 0 radical (unpaired) electrons. The van der Waals surface area contributed by atoms with Gasteiger partial charge in [0.25, 0.3) is 5.91 Å². The Morgan fingerprint density at radius 3 is 2.78 bits per heavy atom. The molecule has 0 aliphatic heterocycles. The van der Waals surface area contributed by atoms with Crippen LogP contribution in [0.4, 0.5) is 4.79 Å². The van der Waals surface area contributed by atoms with E-state index in [1.807, 2.05) is 0 Å². The van der Waals surface area contributed by atoms with Crippen molar-refractivity contribution in [1.29, 1.82) is 0 Å². The number of likely N-dealkylation sites (N-methyl/N-ethyl adjacent to an activating group) is 1. The SMILES string of the molecule is CON(C)C(=O)C(Cc1cccnc1)OC(N)=O. The van der Waals surface area contributed by atoms with Crippen LogP contribution in [0.3, 0.4) is 0 Å². The second-order valence-electron chi connectivity index (χ2n) is 3.51. The Labute approximate surface area is 104 Å². The fraction of sp³-hybridized carbons (Fsp3) is 0.364. The number of primary amides is 1. The third kappa shape index (κ3) is 4.02. The molecule has 1 rings (SSSR count). The lowest BCUT2D eigenvalue weighted by Gasteiger charge is -2.21. The van der Waals surface area contributed by atoms with E-state index in [9.17, 15) is 9.59 Å². The zero-order chi connectivity index (χ0) is 13.5. The van der Waals surface area contributed by atoms with Crippen LogP contribution in [0, 0.1) is 0 Å². The largest absolute Gasteiger partial charge is 0.436 e. The van der Waals surface area contributed by atoms with E-state index in [2.05, 4.69) is 4.98 Å². The van der Waals surface area contributed by atoms with Gasteiger partial charge in [0.2, 0.25) is 0 Å². The molecule has 1 unspecified atom stereocenters. The van der Waals surface area contributed by atoms with E-state index in [0.29, 0.717) is 0 Å². The van der Waals surface area contributed by atoms with Crippen LogP contribution in [0.1, 0.15) is 5.56 Å². The predicted octanol–water partition coefficient (Wildman–Crippen LogP) is 0.108. The highest BCUT2D eigenvalue weighted by Gasteiger charge is 2.26. The lowest BCUT2D eigenvalue weighted by Crippen LogP contribution is -2.40. The van der Waals surface area contributed by atoms with Gasteiger partial charge in [0, 0.05) is 25.9 Å². The number of ether oxygens (including phenoxy) is 1. The number of hydrogen-bond donors (Lipinski definition) is 1. The van der Waals surface area contributed by atoms with Crippen molar-refractivity contribution in [3.63, 3.8) is 0 Å². The summed E-state index contributed by atoms with van der Waals surface area (Å²) < 4.78 is 4.78. The zero-order valence-corrected chi connectivity index (χ0v) is 10.2. The summed E-state index contributed by atoms with van der Waals surface area (Å²) in [6.07, 6.45) is 1.33. The number of carbonyl (C=O) groups is 2. The molecular weight excluding hydrogens is 238 g/mol. The maximum Gasteiger partial charge on any atom is 0.405 e. The molecule has 1 atom stereocenters. The number of pyridine rings is 1. The fourth-order valence-electron chi connectivity index (χ4n) is 1.35. The molecule has 1 aromatic rings. The first-order chi connectivity index (χ1) is 8.54. The van der Waals surface area contributed by atoms with Crippen LogP contribution < -0.4 is 5.73 Å². The van der Waals surface area contributed by atoms with Crippen molar-refractivity contribution in [2.45, 2.75) is 12.5 Å². The van der Waals surface area contributed by atoms with Crippen molar-refractivity contribution in [2.75, 3.05) is 14.2 Å². The van der Waals surface area contributed by atoms with Crippen LogP contribution in [-0.2, 0) is 20.8 Å². The number of aromatic nitrogens is 1. The molecule has 7 heteroatoms. The normalized spacial score (nSPS) is 11.7. The molecule has 1 heterocycles. The summed E-state index contributed by atoms with van der Waals surface area (Å²) in [5.74, 6) is -0.500. The third-order valence-electron chi connectivity index (χ3n) is 2.26. The number of rotatable bonds is 5. The zero-order valence-electron chi connectivity index (χ0n) is 10.2. The molecule has 2 amide bonds. The smallest absolute Gasteiger partial charge is 0.405 e. The van der Waals surface area contributed by atoms with Gasteiger partial charge in [0.15, 0.2) is 6.10 Å². The standard InChI is InChI=1S/C11H15N3O4/c1-14(17-2)10(15)9(18-11(12)16)6-8-4-3-5-13-7-8/h3-5,7,9H,6H2,1-2H3,(H2,12,16). The molecule has 0 aliphatic carbocycles. The number of hydrogen-bond acceptors (Lipinski definition) is 5. The van der Waals surface area contributed by atoms with E-state index < -0.39 is 18.1 Å². The molecule has 0 fully saturated rings. The summed E-state index contributed by atoms with van der Waals surface area (Å²) in [5, 5.41) is 0.976. The van der Waals surface area contributed by atoms with Crippen LogP contribution in [0.25, 0.3) is 0 Å². The average Bonchev–Trinajstić information content (AvgIpc) is 2.37. The third-order valence-corrected chi connectivity index (χ3v) is 2.26. The van der Waals surface area contributed by atoms with Crippen LogP contribution in [0.15, 0.2) is 24.5 Å². The van der Waals surface area contributed by atoms with Gasteiger partial charge in [-0.2, -0.15) is 0 Å². The fourth-order valence-corrected chi connectivity index (χ4v) is 1.35. The van der Waals surface area contributed by atoms with Gasteiger partial charge in [0.1, 0.15) is 0 Å². The van der Waals surface area contributed by atoms with Crippen molar-refractivity contribution < 1.29 is 19.2 Å². The van der Waals surface area contributed by atoms with E-state index in [0.717, 1.165) is 10.6 Å². The molecule has 7 nitrogen and oxygen atoms in total. The summed E-state index contributed by atoms with van der Waals surface area (Å²) in [4.78, 5) is 31.3. The first-order valence-corrected chi connectivity index (χ1v) is 5.21. The van der Waals surface area contributed by atoms with Crippen molar-refractivity contribution in [1.82, 2.24) is 10.0 Å². The minimum atomic E-state index is -1.03. The van der Waals surface area contributed by atoms with E-state index >= 15 is 0 Å². The highest BCUT2D eigenvalue weighted by Crippen LogP contribution is 2.07. The maximum absolute atomic E-state index is 11.9. The summed E-state index contributed by atoms with van der Waals surface area (Å²) in [5.41, 5.74) is 5.69. The molecule has 98 valence electrons. The molecule has 1 aromatic heterocycles. The Morgan fingerprint density at radius 1 is 1.56 bits per heavy atom. The second kappa shape index (κ2) is 6.55. The Bertz CT molecular complexity index is 410. The summed E-state index contributed by atoms with van der Waals surface area (Å²) >= 11 is 0. The predicted molar refractivity (Wildman–Crippen MR) is 62.2 cm³/mol. The van der Waals surface area contributed by atoms with Gasteiger partial charge < -0.3 is 10.5 Å². The van der Waals surface area contributed by atoms with Gasteiger partial charge in [0.05, 0.1) is 7.11 Å². The van der Waals surface area contributed by atoms with Gasteiger partial charge in [-0.1, -0.05) is 6.07 Å². The number of amides is 2. The first-order valence-electron chi connectivity index (χ1n) is 5.21. The van der Waals surface area contributed by atoms with E-state index in [1.54, 1.807) is 24.5 Å². The molecule has 2 N–H and O–H groups in total. The summed E-state index contributed by atoms with van der Waals surface area (Å²) in [7, 11) is 2.76. The van der Waals surface area contributed by atoms with Crippen LogP contribution >= 0.6 is 0 Å². The monoisotopic (exact) mass is 253 g/mol. The van der Waals surface area contributed by atoms with Crippen LogP contribution in [0.2, 0.25) is 0 Å². The Morgan fingerprint density at radius 2 is 2.28 bits per heavy atom.